The molecule has 19 heavy (non-hydrogen) atoms. The highest BCUT2D eigenvalue weighted by atomic mass is 16.5. The van der Waals surface area contributed by atoms with Gasteiger partial charge in [0.2, 0.25) is 5.91 Å². The van der Waals surface area contributed by atoms with E-state index < -0.39 is 0 Å². The van der Waals surface area contributed by atoms with Gasteiger partial charge in [0.1, 0.15) is 0 Å². The summed E-state index contributed by atoms with van der Waals surface area (Å²) in [5, 5.41) is 2.76. The van der Waals surface area contributed by atoms with Gasteiger partial charge in [0.25, 0.3) is 0 Å². The Kier molecular flexibility index (Phi) is 6.92. The molecule has 0 aliphatic rings. The number of hydrogen-bond acceptors (Lipinski definition) is 4. The Labute approximate surface area is 114 Å². The Morgan fingerprint density at radius 1 is 1.32 bits per heavy atom. The van der Waals surface area contributed by atoms with Crippen LogP contribution < -0.4 is 11.1 Å². The molecular formula is C14H22N2O3. The summed E-state index contributed by atoms with van der Waals surface area (Å²) in [7, 11) is 0. The minimum Gasteiger partial charge on any atom is -0.399 e. The van der Waals surface area contributed by atoms with Crippen LogP contribution in [0.1, 0.15) is 20.3 Å². The van der Waals surface area contributed by atoms with Crippen molar-refractivity contribution in [3.63, 3.8) is 0 Å². The molecule has 0 spiro atoms. The molecule has 0 saturated carbocycles. The van der Waals surface area contributed by atoms with Crippen molar-refractivity contribution in [3.8, 4) is 0 Å². The Hall–Kier alpha value is -1.59. The molecule has 3 N–H and O–H groups in total. The molecule has 1 aromatic carbocycles. The maximum atomic E-state index is 11.6. The van der Waals surface area contributed by atoms with Gasteiger partial charge in [0.15, 0.2) is 0 Å². The fraction of sp³-hybridized carbons (Fsp3) is 0.500. The molecule has 5 heteroatoms. The summed E-state index contributed by atoms with van der Waals surface area (Å²) in [6.45, 7) is 5.38. The van der Waals surface area contributed by atoms with E-state index in [0.717, 1.165) is 0 Å². The van der Waals surface area contributed by atoms with Crippen LogP contribution in [0.3, 0.4) is 0 Å². The van der Waals surface area contributed by atoms with Crippen molar-refractivity contribution in [1.29, 1.82) is 0 Å². The second-order valence-corrected chi connectivity index (χ2v) is 4.46. The minimum absolute atomic E-state index is 0.0876. The first kappa shape index (κ1) is 15.5. The van der Waals surface area contributed by atoms with E-state index in [0.29, 0.717) is 37.6 Å². The van der Waals surface area contributed by atoms with E-state index >= 15 is 0 Å². The zero-order valence-electron chi connectivity index (χ0n) is 11.5. The Balaban J connectivity index is 2.11. The zero-order valence-corrected chi connectivity index (χ0v) is 11.5. The first-order valence-electron chi connectivity index (χ1n) is 6.42. The van der Waals surface area contributed by atoms with Gasteiger partial charge in [-0.3, -0.25) is 4.79 Å². The van der Waals surface area contributed by atoms with Crippen LogP contribution in [0.4, 0.5) is 11.4 Å². The topological polar surface area (TPSA) is 73.6 Å². The van der Waals surface area contributed by atoms with Crippen LogP contribution in [0, 0.1) is 0 Å². The standard InChI is InChI=1S/C14H22N2O3/c1-11(2)19-9-8-18-7-6-14(17)16-13-5-3-4-12(15)10-13/h3-5,10-11H,6-9,15H2,1-2H3,(H,16,17). The van der Waals surface area contributed by atoms with E-state index in [1.54, 1.807) is 24.3 Å². The molecule has 0 aliphatic carbocycles. The SMILES string of the molecule is CC(C)OCCOCCC(=O)Nc1cccc(N)c1. The molecule has 0 aromatic heterocycles. The Bertz CT molecular complexity index is 394. The molecule has 1 amide bonds. The second kappa shape index (κ2) is 8.50. The Morgan fingerprint density at radius 2 is 2.11 bits per heavy atom. The molecule has 1 rings (SSSR count). The average molecular weight is 266 g/mol. The van der Waals surface area contributed by atoms with Gasteiger partial charge in [-0.05, 0) is 32.0 Å². The third-order valence-corrected chi connectivity index (χ3v) is 2.32. The number of ether oxygens (including phenoxy) is 2. The first-order valence-corrected chi connectivity index (χ1v) is 6.42. The lowest BCUT2D eigenvalue weighted by Crippen LogP contribution is -2.16. The van der Waals surface area contributed by atoms with Crippen LogP contribution in [0.2, 0.25) is 0 Å². The molecule has 0 atom stereocenters. The lowest BCUT2D eigenvalue weighted by atomic mass is 10.3. The summed E-state index contributed by atoms with van der Waals surface area (Å²) in [6, 6.07) is 7.08. The molecule has 106 valence electrons. The normalized spacial score (nSPS) is 10.7. The van der Waals surface area contributed by atoms with Crippen LogP contribution in [0.25, 0.3) is 0 Å². The van der Waals surface area contributed by atoms with Crippen LogP contribution in [0.15, 0.2) is 24.3 Å². The van der Waals surface area contributed by atoms with Crippen molar-refractivity contribution in [3.05, 3.63) is 24.3 Å². The summed E-state index contributed by atoms with van der Waals surface area (Å²) in [5.41, 5.74) is 6.95. The zero-order chi connectivity index (χ0) is 14.1. The summed E-state index contributed by atoms with van der Waals surface area (Å²) in [4.78, 5) is 11.6. The minimum atomic E-state index is -0.0876. The molecular weight excluding hydrogens is 244 g/mol. The summed E-state index contributed by atoms with van der Waals surface area (Å²) >= 11 is 0. The molecule has 0 fully saturated rings. The third kappa shape index (κ3) is 7.43. The van der Waals surface area contributed by atoms with Crippen molar-refractivity contribution >= 4 is 17.3 Å². The monoisotopic (exact) mass is 266 g/mol. The van der Waals surface area contributed by atoms with E-state index in [1.165, 1.54) is 0 Å². The molecule has 1 aromatic rings. The van der Waals surface area contributed by atoms with Gasteiger partial charge in [-0.2, -0.15) is 0 Å². The number of nitrogen functional groups attached to an aromatic ring is 1. The highest BCUT2D eigenvalue weighted by Gasteiger charge is 2.02. The van der Waals surface area contributed by atoms with Crippen molar-refractivity contribution in [2.24, 2.45) is 0 Å². The van der Waals surface area contributed by atoms with Crippen molar-refractivity contribution < 1.29 is 14.3 Å². The fourth-order valence-electron chi connectivity index (χ4n) is 1.45. The van der Waals surface area contributed by atoms with E-state index in [-0.39, 0.29) is 12.0 Å². The predicted octanol–water partition coefficient (Wildman–Crippen LogP) is 2.04. The van der Waals surface area contributed by atoms with Crippen LogP contribution in [-0.4, -0.2) is 31.8 Å². The maximum absolute atomic E-state index is 11.6. The molecule has 0 aliphatic heterocycles. The van der Waals surface area contributed by atoms with Gasteiger partial charge >= 0.3 is 0 Å². The molecule has 0 heterocycles. The number of hydrogen-bond donors (Lipinski definition) is 2. The summed E-state index contributed by atoms with van der Waals surface area (Å²) < 4.78 is 10.6. The number of benzene rings is 1. The average Bonchev–Trinajstić information content (AvgIpc) is 2.33. The lowest BCUT2D eigenvalue weighted by Gasteiger charge is -2.08. The van der Waals surface area contributed by atoms with Gasteiger partial charge in [-0.25, -0.2) is 0 Å². The van der Waals surface area contributed by atoms with E-state index in [4.69, 9.17) is 15.2 Å². The van der Waals surface area contributed by atoms with Crippen LogP contribution in [0.5, 0.6) is 0 Å². The van der Waals surface area contributed by atoms with E-state index in [2.05, 4.69) is 5.32 Å². The van der Waals surface area contributed by atoms with Gasteiger partial charge in [0, 0.05) is 11.4 Å². The number of amides is 1. The smallest absolute Gasteiger partial charge is 0.226 e. The van der Waals surface area contributed by atoms with Crippen LogP contribution >= 0.6 is 0 Å². The first-order chi connectivity index (χ1) is 9.08. The molecule has 0 unspecified atom stereocenters. The maximum Gasteiger partial charge on any atom is 0.226 e. The number of carbonyl (C=O) groups is 1. The fourth-order valence-corrected chi connectivity index (χ4v) is 1.45. The van der Waals surface area contributed by atoms with Crippen molar-refractivity contribution in [2.45, 2.75) is 26.4 Å². The lowest BCUT2D eigenvalue weighted by molar-refractivity contribution is -0.117. The van der Waals surface area contributed by atoms with Gasteiger partial charge in [0.05, 0.1) is 32.3 Å². The van der Waals surface area contributed by atoms with Crippen molar-refractivity contribution in [2.75, 3.05) is 30.9 Å². The second-order valence-electron chi connectivity index (χ2n) is 4.46. The highest BCUT2D eigenvalue weighted by molar-refractivity contribution is 5.91. The number of carbonyl (C=O) groups excluding carboxylic acids is 1. The largest absolute Gasteiger partial charge is 0.399 e. The molecule has 5 nitrogen and oxygen atoms in total. The number of nitrogens with two attached hydrogens (primary N) is 1. The summed E-state index contributed by atoms with van der Waals surface area (Å²) in [5.74, 6) is -0.0876. The van der Waals surface area contributed by atoms with E-state index in [1.807, 2.05) is 13.8 Å². The van der Waals surface area contributed by atoms with Gasteiger partial charge in [-0.1, -0.05) is 6.07 Å². The van der Waals surface area contributed by atoms with Crippen molar-refractivity contribution in [1.82, 2.24) is 0 Å². The van der Waals surface area contributed by atoms with Crippen LogP contribution in [-0.2, 0) is 14.3 Å². The van der Waals surface area contributed by atoms with E-state index in [9.17, 15) is 4.79 Å². The number of rotatable bonds is 8. The quantitative estimate of drug-likeness (QED) is 0.558. The molecule has 0 radical (unpaired) electrons. The number of nitrogens with one attached hydrogen (secondary N) is 1. The van der Waals surface area contributed by atoms with Gasteiger partial charge < -0.3 is 20.5 Å². The molecule has 0 bridgehead atoms. The highest BCUT2D eigenvalue weighted by Crippen LogP contribution is 2.11. The number of anilines is 2. The van der Waals surface area contributed by atoms with Gasteiger partial charge in [-0.15, -0.1) is 0 Å². The predicted molar refractivity (Wildman–Crippen MR) is 76.0 cm³/mol. The Morgan fingerprint density at radius 3 is 2.79 bits per heavy atom. The third-order valence-electron chi connectivity index (χ3n) is 2.32. The summed E-state index contributed by atoms with van der Waals surface area (Å²) in [6.07, 6.45) is 0.520. The molecule has 0 saturated heterocycles.